The van der Waals surface area contributed by atoms with Crippen LogP contribution in [0.25, 0.3) is 0 Å². The van der Waals surface area contributed by atoms with E-state index in [2.05, 4.69) is 43.6 Å². The van der Waals surface area contributed by atoms with Gasteiger partial charge in [0.15, 0.2) is 0 Å². The fourth-order valence-electron chi connectivity index (χ4n) is 2.07. The first-order chi connectivity index (χ1) is 8.79. The summed E-state index contributed by atoms with van der Waals surface area (Å²) in [6.45, 7) is 13.6. The molecule has 1 unspecified atom stereocenters. The van der Waals surface area contributed by atoms with Crippen LogP contribution < -0.4 is 16.0 Å². The number of hydrogen-bond donors (Lipinski definition) is 3. The quantitative estimate of drug-likeness (QED) is 0.660. The molecule has 0 rings (SSSR count). The number of carbonyl (C=O) groups is 2. The zero-order chi connectivity index (χ0) is 15.0. The van der Waals surface area contributed by atoms with Gasteiger partial charge in [-0.2, -0.15) is 0 Å². The van der Waals surface area contributed by atoms with Gasteiger partial charge in [0.1, 0.15) is 0 Å². The van der Waals surface area contributed by atoms with Crippen molar-refractivity contribution < 1.29 is 9.59 Å². The lowest BCUT2D eigenvalue weighted by Crippen LogP contribution is -2.49. The Balaban J connectivity index is 4.18. The number of amides is 3. The van der Waals surface area contributed by atoms with E-state index in [0.717, 1.165) is 6.54 Å². The van der Waals surface area contributed by atoms with Gasteiger partial charge >= 0.3 is 6.03 Å². The number of urea groups is 1. The van der Waals surface area contributed by atoms with Crippen LogP contribution in [-0.2, 0) is 4.79 Å². The highest BCUT2D eigenvalue weighted by molar-refractivity contribution is 5.96. The fraction of sp³-hybridized carbons (Fsp3) is 0.857. The Bertz CT molecular complexity index is 282. The summed E-state index contributed by atoms with van der Waals surface area (Å²) in [7, 11) is 0. The van der Waals surface area contributed by atoms with E-state index in [1.54, 1.807) is 6.92 Å². The van der Waals surface area contributed by atoms with Crippen molar-refractivity contribution in [3.63, 3.8) is 0 Å². The molecule has 0 saturated carbocycles. The second-order valence-corrected chi connectivity index (χ2v) is 5.63. The Morgan fingerprint density at radius 1 is 1.00 bits per heavy atom. The average molecular weight is 271 g/mol. The monoisotopic (exact) mass is 271 g/mol. The molecule has 3 amide bonds. The molecule has 5 nitrogen and oxygen atoms in total. The molecule has 0 aliphatic heterocycles. The Kier molecular flexibility index (Phi) is 8.39. The van der Waals surface area contributed by atoms with Gasteiger partial charge in [-0.1, -0.05) is 27.7 Å². The zero-order valence-corrected chi connectivity index (χ0v) is 13.0. The minimum Gasteiger partial charge on any atom is -0.338 e. The Labute approximate surface area is 116 Å². The van der Waals surface area contributed by atoms with Crippen molar-refractivity contribution in [3.8, 4) is 0 Å². The predicted octanol–water partition coefficient (Wildman–Crippen LogP) is 1.74. The van der Waals surface area contributed by atoms with Crippen molar-refractivity contribution in [2.75, 3.05) is 13.1 Å². The zero-order valence-electron chi connectivity index (χ0n) is 13.0. The third kappa shape index (κ3) is 7.15. The molecule has 0 aromatic rings. The summed E-state index contributed by atoms with van der Waals surface area (Å²) in [4.78, 5) is 23.0. The molecule has 0 aliphatic carbocycles. The Morgan fingerprint density at radius 2 is 1.53 bits per heavy atom. The molecule has 0 aliphatic rings. The highest BCUT2D eigenvalue weighted by Crippen LogP contribution is 2.19. The van der Waals surface area contributed by atoms with Crippen molar-refractivity contribution in [2.45, 2.75) is 47.6 Å². The fourth-order valence-corrected chi connectivity index (χ4v) is 2.07. The summed E-state index contributed by atoms with van der Waals surface area (Å²) in [6, 6.07) is -0.812. The van der Waals surface area contributed by atoms with Crippen LogP contribution in [0.15, 0.2) is 0 Å². The van der Waals surface area contributed by atoms with Gasteiger partial charge < -0.3 is 10.6 Å². The smallest absolute Gasteiger partial charge is 0.321 e. The maximum atomic E-state index is 11.7. The van der Waals surface area contributed by atoms with Crippen LogP contribution in [0.5, 0.6) is 0 Å². The third-order valence-corrected chi connectivity index (χ3v) is 3.34. The third-order valence-electron chi connectivity index (χ3n) is 3.34. The highest BCUT2D eigenvalue weighted by atomic mass is 16.2. The van der Waals surface area contributed by atoms with Gasteiger partial charge in [0.25, 0.3) is 0 Å². The van der Waals surface area contributed by atoms with E-state index in [1.807, 2.05) is 6.92 Å². The lowest BCUT2D eigenvalue weighted by Gasteiger charge is -2.26. The van der Waals surface area contributed by atoms with Gasteiger partial charge in [-0.3, -0.25) is 10.1 Å². The van der Waals surface area contributed by atoms with Crippen LogP contribution in [0, 0.1) is 17.8 Å². The number of carbonyl (C=O) groups excluding carboxylic acids is 2. The largest absolute Gasteiger partial charge is 0.338 e. The topological polar surface area (TPSA) is 70.2 Å². The molecule has 0 saturated heterocycles. The first-order valence-electron chi connectivity index (χ1n) is 7.11. The summed E-state index contributed by atoms with van der Waals surface area (Å²) in [5.74, 6) is 1.34. The van der Waals surface area contributed by atoms with E-state index in [9.17, 15) is 9.59 Å². The highest BCUT2D eigenvalue weighted by Gasteiger charge is 2.20. The van der Waals surface area contributed by atoms with Crippen molar-refractivity contribution in [2.24, 2.45) is 17.8 Å². The molecule has 0 radical (unpaired) electrons. The second kappa shape index (κ2) is 8.91. The van der Waals surface area contributed by atoms with Gasteiger partial charge in [-0.15, -0.1) is 0 Å². The number of imide groups is 1. The normalized spacial score (nSPS) is 12.9. The van der Waals surface area contributed by atoms with Gasteiger partial charge in [-0.05, 0) is 38.1 Å². The van der Waals surface area contributed by atoms with Crippen molar-refractivity contribution >= 4 is 11.9 Å². The van der Waals surface area contributed by atoms with E-state index in [0.29, 0.717) is 24.3 Å². The van der Waals surface area contributed by atoms with Crippen LogP contribution in [0.1, 0.15) is 41.5 Å². The number of nitrogens with one attached hydrogen (secondary N) is 3. The van der Waals surface area contributed by atoms with Crippen LogP contribution in [0.2, 0.25) is 0 Å². The van der Waals surface area contributed by atoms with Crippen LogP contribution >= 0.6 is 0 Å². The van der Waals surface area contributed by atoms with Crippen molar-refractivity contribution in [1.29, 1.82) is 0 Å². The molecule has 5 heteroatoms. The first-order valence-corrected chi connectivity index (χ1v) is 7.11. The molecule has 1 atom stereocenters. The minimum atomic E-state index is -0.439. The lowest BCUT2D eigenvalue weighted by molar-refractivity contribution is -0.121. The molecule has 0 aromatic carbocycles. The van der Waals surface area contributed by atoms with Crippen LogP contribution in [-0.4, -0.2) is 31.1 Å². The average Bonchev–Trinajstić information content (AvgIpc) is 2.27. The molecular weight excluding hydrogens is 242 g/mol. The van der Waals surface area contributed by atoms with Gasteiger partial charge in [0, 0.05) is 6.54 Å². The molecule has 112 valence electrons. The summed E-state index contributed by atoms with van der Waals surface area (Å²) in [5.41, 5.74) is 0. The summed E-state index contributed by atoms with van der Waals surface area (Å²) in [6.07, 6.45) is 0. The van der Waals surface area contributed by atoms with Crippen molar-refractivity contribution in [3.05, 3.63) is 0 Å². The molecule has 19 heavy (non-hydrogen) atoms. The molecular formula is C14H29N3O2. The maximum absolute atomic E-state index is 11.7. The Hall–Kier alpha value is -1.10. The van der Waals surface area contributed by atoms with Gasteiger partial charge in [-0.25, -0.2) is 4.79 Å². The summed E-state index contributed by atoms with van der Waals surface area (Å²) < 4.78 is 0. The summed E-state index contributed by atoms with van der Waals surface area (Å²) >= 11 is 0. The first kappa shape index (κ1) is 17.9. The van der Waals surface area contributed by atoms with E-state index >= 15 is 0 Å². The van der Waals surface area contributed by atoms with E-state index in [4.69, 9.17) is 0 Å². The molecule has 0 bridgehead atoms. The van der Waals surface area contributed by atoms with E-state index < -0.39 is 6.03 Å². The predicted molar refractivity (Wildman–Crippen MR) is 77.8 cm³/mol. The standard InChI is InChI=1S/C14H29N3O2/c1-7-15-14(19)17-13(18)11(6)16-8-12(9(2)3)10(4)5/h9-12,16H,7-8H2,1-6H3,(H2,15,17,18,19). The molecule has 0 aromatic heterocycles. The van der Waals surface area contributed by atoms with Gasteiger partial charge in [0.05, 0.1) is 6.04 Å². The van der Waals surface area contributed by atoms with Crippen molar-refractivity contribution in [1.82, 2.24) is 16.0 Å². The molecule has 0 spiro atoms. The SMILES string of the molecule is CCNC(=O)NC(=O)C(C)NCC(C(C)C)C(C)C. The van der Waals surface area contributed by atoms with Crippen LogP contribution in [0.4, 0.5) is 4.79 Å². The lowest BCUT2D eigenvalue weighted by atomic mass is 9.85. The molecule has 0 fully saturated rings. The number of rotatable bonds is 7. The Morgan fingerprint density at radius 3 is 1.95 bits per heavy atom. The van der Waals surface area contributed by atoms with E-state index in [-0.39, 0.29) is 11.9 Å². The maximum Gasteiger partial charge on any atom is 0.321 e. The molecule has 0 heterocycles. The van der Waals surface area contributed by atoms with E-state index in [1.165, 1.54) is 0 Å². The number of hydrogen-bond acceptors (Lipinski definition) is 3. The van der Waals surface area contributed by atoms with Gasteiger partial charge in [0.2, 0.25) is 5.91 Å². The second-order valence-electron chi connectivity index (χ2n) is 5.63. The minimum absolute atomic E-state index is 0.294. The molecule has 3 N–H and O–H groups in total. The van der Waals surface area contributed by atoms with Crippen LogP contribution in [0.3, 0.4) is 0 Å². The summed E-state index contributed by atoms with van der Waals surface area (Å²) in [5, 5.41) is 8.05.